The summed E-state index contributed by atoms with van der Waals surface area (Å²) in [6.07, 6.45) is 4.02. The monoisotopic (exact) mass is 446 g/mol. The molecule has 0 aliphatic rings. The number of carboxylic acid groups (broad SMARTS) is 1. The highest BCUT2D eigenvalue weighted by Gasteiger charge is 2.16. The Bertz CT molecular complexity index is 1260. The zero-order chi connectivity index (χ0) is 23.2. The molecule has 0 aliphatic carbocycles. The van der Waals surface area contributed by atoms with Crippen LogP contribution in [0.1, 0.15) is 10.4 Å². The topological polar surface area (TPSA) is 156 Å². The highest BCUT2D eigenvalue weighted by molar-refractivity contribution is 5.94. The van der Waals surface area contributed by atoms with E-state index in [1.165, 1.54) is 24.5 Å². The van der Waals surface area contributed by atoms with Crippen molar-refractivity contribution in [1.82, 2.24) is 15.0 Å². The third-order valence-electron chi connectivity index (χ3n) is 4.66. The highest BCUT2D eigenvalue weighted by Crippen LogP contribution is 2.26. The fourth-order valence-electron chi connectivity index (χ4n) is 3.04. The molecule has 0 saturated heterocycles. The Morgan fingerprint density at radius 3 is 2.39 bits per heavy atom. The molecule has 0 amide bonds. The van der Waals surface area contributed by atoms with Crippen LogP contribution in [0.25, 0.3) is 22.6 Å². The molecule has 33 heavy (non-hydrogen) atoms. The molecule has 0 aliphatic heterocycles. The number of anilines is 2. The Labute approximate surface area is 187 Å². The van der Waals surface area contributed by atoms with Crippen molar-refractivity contribution in [2.24, 2.45) is 0 Å². The molecule has 1 aromatic carbocycles. The minimum absolute atomic E-state index is 0.0143. The second-order valence-electron chi connectivity index (χ2n) is 6.83. The van der Waals surface area contributed by atoms with Crippen molar-refractivity contribution in [1.29, 1.82) is 0 Å². The van der Waals surface area contributed by atoms with E-state index in [1.54, 1.807) is 24.5 Å². The summed E-state index contributed by atoms with van der Waals surface area (Å²) in [4.78, 5) is 34.3. The van der Waals surface area contributed by atoms with Crippen molar-refractivity contribution in [2.45, 2.75) is 0 Å². The zero-order valence-corrected chi connectivity index (χ0v) is 17.1. The summed E-state index contributed by atoms with van der Waals surface area (Å²) in [6, 6.07) is 13.7. The first-order chi connectivity index (χ1) is 16.0. The van der Waals surface area contributed by atoms with E-state index < -0.39 is 10.9 Å². The summed E-state index contributed by atoms with van der Waals surface area (Å²) >= 11 is 0. The van der Waals surface area contributed by atoms with Crippen LogP contribution < -0.4 is 10.6 Å². The van der Waals surface area contributed by atoms with Gasteiger partial charge in [0.2, 0.25) is 5.95 Å². The lowest BCUT2D eigenvalue weighted by molar-refractivity contribution is -0.385. The number of nitrogens with one attached hydrogen (secondary N) is 2. The molecule has 0 saturated carbocycles. The van der Waals surface area contributed by atoms with Gasteiger partial charge in [-0.25, -0.2) is 19.7 Å². The number of hydrogen-bond donors (Lipinski definition) is 3. The number of pyridine rings is 1. The largest absolute Gasteiger partial charge is 0.478 e. The second-order valence-corrected chi connectivity index (χ2v) is 6.83. The van der Waals surface area contributed by atoms with Crippen LogP contribution in [0.3, 0.4) is 0 Å². The maximum absolute atomic E-state index is 11.7. The van der Waals surface area contributed by atoms with E-state index in [0.29, 0.717) is 30.2 Å². The van der Waals surface area contributed by atoms with Crippen LogP contribution in [0, 0.1) is 10.1 Å². The Kier molecular flexibility index (Phi) is 6.21. The van der Waals surface area contributed by atoms with Crippen molar-refractivity contribution in [3.63, 3.8) is 0 Å². The zero-order valence-electron chi connectivity index (χ0n) is 17.1. The summed E-state index contributed by atoms with van der Waals surface area (Å²) in [6.45, 7) is 0.837. The lowest BCUT2D eigenvalue weighted by Crippen LogP contribution is -2.16. The Morgan fingerprint density at radius 2 is 1.76 bits per heavy atom. The van der Waals surface area contributed by atoms with E-state index >= 15 is 0 Å². The van der Waals surface area contributed by atoms with Gasteiger partial charge >= 0.3 is 5.97 Å². The number of rotatable bonds is 9. The predicted octanol–water partition coefficient (Wildman–Crippen LogP) is 3.93. The maximum atomic E-state index is 11.7. The van der Waals surface area contributed by atoms with E-state index in [4.69, 9.17) is 4.42 Å². The highest BCUT2D eigenvalue weighted by atomic mass is 16.6. The van der Waals surface area contributed by atoms with Crippen LogP contribution in [0.4, 0.5) is 17.5 Å². The molecule has 4 aromatic rings. The molecule has 166 valence electrons. The lowest BCUT2D eigenvalue weighted by atomic mass is 10.0. The average molecular weight is 446 g/mol. The molecule has 0 radical (unpaired) electrons. The number of benzene rings is 1. The first-order valence-electron chi connectivity index (χ1n) is 9.84. The van der Waals surface area contributed by atoms with E-state index in [1.807, 2.05) is 18.2 Å². The van der Waals surface area contributed by atoms with Crippen molar-refractivity contribution in [3.05, 3.63) is 82.9 Å². The molecule has 3 heterocycles. The quantitative estimate of drug-likeness (QED) is 0.195. The molecule has 4 rings (SSSR count). The van der Waals surface area contributed by atoms with Crippen LogP contribution in [0.5, 0.6) is 0 Å². The summed E-state index contributed by atoms with van der Waals surface area (Å²) < 4.78 is 5.38. The van der Waals surface area contributed by atoms with Gasteiger partial charge in [0, 0.05) is 36.5 Å². The first kappa shape index (κ1) is 21.4. The number of nitrogens with zero attached hydrogens (tertiary/aromatic N) is 4. The molecule has 11 nitrogen and oxygen atoms in total. The molecule has 0 fully saturated rings. The minimum atomic E-state index is -1.13. The van der Waals surface area contributed by atoms with Gasteiger partial charge in [-0.2, -0.15) is 0 Å². The van der Waals surface area contributed by atoms with Crippen molar-refractivity contribution < 1.29 is 19.2 Å². The van der Waals surface area contributed by atoms with Gasteiger partial charge in [-0.15, -0.1) is 0 Å². The number of carboxylic acids is 1. The molecule has 11 heteroatoms. The minimum Gasteiger partial charge on any atom is -0.478 e. The Hall–Kier alpha value is -4.80. The van der Waals surface area contributed by atoms with Gasteiger partial charge < -0.3 is 20.2 Å². The Balaban J connectivity index is 1.43. The lowest BCUT2D eigenvalue weighted by Gasteiger charge is -2.10. The molecule has 3 aromatic heterocycles. The van der Waals surface area contributed by atoms with Gasteiger partial charge in [0.1, 0.15) is 23.3 Å². The van der Waals surface area contributed by atoms with Crippen molar-refractivity contribution in [2.75, 3.05) is 23.7 Å². The SMILES string of the molecule is O=C(O)c1cnc(NCCNc2ccc([N+](=O)[O-])cn2)nc1-c1ccc(-c2ccco2)cc1. The molecule has 0 bridgehead atoms. The smallest absolute Gasteiger partial charge is 0.339 e. The third kappa shape index (κ3) is 5.10. The number of aromatic carboxylic acids is 1. The molecule has 3 N–H and O–H groups in total. The van der Waals surface area contributed by atoms with Crippen LogP contribution in [0.15, 0.2) is 71.6 Å². The summed E-state index contributed by atoms with van der Waals surface area (Å²) in [5, 5.41) is 26.3. The number of aromatic nitrogens is 3. The van der Waals surface area contributed by atoms with Crippen molar-refractivity contribution in [3.8, 4) is 22.6 Å². The van der Waals surface area contributed by atoms with Gasteiger partial charge in [-0.1, -0.05) is 24.3 Å². The second kappa shape index (κ2) is 9.56. The van der Waals surface area contributed by atoms with Gasteiger partial charge in [0.15, 0.2) is 0 Å². The molecule has 0 spiro atoms. The summed E-state index contributed by atoms with van der Waals surface area (Å²) in [7, 11) is 0. The van der Waals surface area contributed by atoms with Crippen LogP contribution >= 0.6 is 0 Å². The van der Waals surface area contributed by atoms with E-state index in [0.717, 1.165) is 5.56 Å². The standard InChI is InChI=1S/C22H18N6O5/c29-21(30)17-13-26-22(24-10-9-23-19-8-7-16(12-25-19)28(31)32)27-20(17)15-5-3-14(4-6-15)18-2-1-11-33-18/h1-8,11-13H,9-10H2,(H,23,25)(H,29,30)(H,24,26,27). The van der Waals surface area contributed by atoms with Crippen LogP contribution in [0.2, 0.25) is 0 Å². The predicted molar refractivity (Wildman–Crippen MR) is 120 cm³/mol. The van der Waals surface area contributed by atoms with E-state index in [-0.39, 0.29) is 22.9 Å². The molecular formula is C22H18N6O5. The van der Waals surface area contributed by atoms with Crippen LogP contribution in [-0.2, 0) is 0 Å². The van der Waals surface area contributed by atoms with Gasteiger partial charge in [-0.3, -0.25) is 10.1 Å². The third-order valence-corrected chi connectivity index (χ3v) is 4.66. The van der Waals surface area contributed by atoms with Gasteiger partial charge in [-0.05, 0) is 18.2 Å². The summed E-state index contributed by atoms with van der Waals surface area (Å²) in [5.74, 6) is 0.336. The molecular weight excluding hydrogens is 428 g/mol. The first-order valence-corrected chi connectivity index (χ1v) is 9.84. The summed E-state index contributed by atoms with van der Waals surface area (Å²) in [5.41, 5.74) is 1.67. The maximum Gasteiger partial charge on any atom is 0.339 e. The van der Waals surface area contributed by atoms with Crippen LogP contribution in [-0.4, -0.2) is 44.0 Å². The number of carbonyl (C=O) groups is 1. The molecule has 0 atom stereocenters. The van der Waals surface area contributed by atoms with E-state index in [2.05, 4.69) is 25.6 Å². The Morgan fingerprint density at radius 1 is 1.00 bits per heavy atom. The van der Waals surface area contributed by atoms with Crippen molar-refractivity contribution >= 4 is 23.4 Å². The fraction of sp³-hybridized carbons (Fsp3) is 0.0909. The normalized spacial score (nSPS) is 10.5. The van der Waals surface area contributed by atoms with Gasteiger partial charge in [0.05, 0.1) is 16.9 Å². The molecule has 0 unspecified atom stereocenters. The average Bonchev–Trinajstić information content (AvgIpc) is 3.37. The van der Waals surface area contributed by atoms with Gasteiger partial charge in [0.25, 0.3) is 5.69 Å². The fourth-order valence-corrected chi connectivity index (χ4v) is 3.04. The number of furan rings is 1. The van der Waals surface area contributed by atoms with E-state index in [9.17, 15) is 20.0 Å². The number of hydrogen-bond acceptors (Lipinski definition) is 9. The number of nitro groups is 1.